The molecule has 2 aromatic carbocycles. The summed E-state index contributed by atoms with van der Waals surface area (Å²) in [5.74, 6) is 0.463. The number of nitrogens with one attached hydrogen (secondary N) is 1. The van der Waals surface area contributed by atoms with E-state index in [1.807, 2.05) is 12.1 Å². The molecule has 0 aliphatic carbocycles. The molecule has 3 rings (SSSR count). The van der Waals surface area contributed by atoms with Gasteiger partial charge < -0.3 is 15.8 Å². The summed E-state index contributed by atoms with van der Waals surface area (Å²) in [5, 5.41) is 3.20. The van der Waals surface area contributed by atoms with E-state index >= 15 is 0 Å². The molecule has 0 atom stereocenters. The zero-order chi connectivity index (χ0) is 17.7. The van der Waals surface area contributed by atoms with Crippen molar-refractivity contribution in [1.29, 1.82) is 0 Å². The van der Waals surface area contributed by atoms with E-state index in [1.54, 1.807) is 0 Å². The second-order valence-corrected chi connectivity index (χ2v) is 6.90. The first-order valence-corrected chi connectivity index (χ1v) is 8.87. The van der Waals surface area contributed by atoms with Crippen LogP contribution in [0, 0.1) is 13.8 Å². The molecule has 132 valence electrons. The van der Waals surface area contributed by atoms with Crippen molar-refractivity contribution in [3.63, 3.8) is 0 Å². The minimum Gasteiger partial charge on any atom is -0.381 e. The molecular weight excluding hydrogens is 310 g/mol. The summed E-state index contributed by atoms with van der Waals surface area (Å²) < 4.78 is 5.61. The lowest BCUT2D eigenvalue weighted by molar-refractivity contribution is 0.0529. The van der Waals surface area contributed by atoms with Crippen LogP contribution in [0.3, 0.4) is 0 Å². The fourth-order valence-electron chi connectivity index (χ4n) is 3.59. The topological polar surface area (TPSA) is 59.6 Å². The molecule has 4 nitrogen and oxygen atoms in total. The molecule has 1 aliphatic heterocycles. The number of aliphatic imine (C=N–C) groups is 1. The zero-order valence-electron chi connectivity index (χ0n) is 15.1. The van der Waals surface area contributed by atoms with E-state index in [4.69, 9.17) is 15.5 Å². The fourth-order valence-corrected chi connectivity index (χ4v) is 3.59. The lowest BCUT2D eigenvalue weighted by Crippen LogP contribution is -2.38. The lowest BCUT2D eigenvalue weighted by Gasteiger charge is -2.37. The summed E-state index contributed by atoms with van der Waals surface area (Å²) >= 11 is 0. The van der Waals surface area contributed by atoms with Crippen molar-refractivity contribution in [3.8, 4) is 0 Å². The van der Waals surface area contributed by atoms with Crippen LogP contribution in [0.4, 0.5) is 5.69 Å². The summed E-state index contributed by atoms with van der Waals surface area (Å²) in [5.41, 5.74) is 11.0. The number of hydrogen-bond donors (Lipinski definition) is 2. The van der Waals surface area contributed by atoms with Crippen molar-refractivity contribution in [2.45, 2.75) is 32.1 Å². The number of benzene rings is 2. The van der Waals surface area contributed by atoms with Crippen molar-refractivity contribution in [2.75, 3.05) is 25.1 Å². The number of hydrogen-bond acceptors (Lipinski definition) is 2. The van der Waals surface area contributed by atoms with Gasteiger partial charge in [0.2, 0.25) is 0 Å². The molecule has 1 aliphatic rings. The number of nitrogens with two attached hydrogens (primary N) is 1. The van der Waals surface area contributed by atoms with Crippen LogP contribution in [-0.4, -0.2) is 25.7 Å². The Morgan fingerprint density at radius 2 is 1.88 bits per heavy atom. The molecule has 4 heteroatoms. The predicted molar refractivity (Wildman–Crippen MR) is 104 cm³/mol. The first-order valence-electron chi connectivity index (χ1n) is 8.87. The quantitative estimate of drug-likeness (QED) is 0.659. The molecule has 0 unspecified atom stereocenters. The fraction of sp³-hybridized carbons (Fsp3) is 0.381. The maximum atomic E-state index is 6.16. The maximum absolute atomic E-state index is 6.16. The highest BCUT2D eigenvalue weighted by atomic mass is 16.5. The third kappa shape index (κ3) is 4.20. The normalized spacial score (nSPS) is 17.3. The SMILES string of the molecule is Cc1cccc(NC(N)=NCC2(c3ccccc3C)CCOCC2)c1. The molecule has 1 fully saturated rings. The molecule has 1 heterocycles. The van der Waals surface area contributed by atoms with Crippen LogP contribution in [0.25, 0.3) is 0 Å². The molecule has 0 amide bonds. The van der Waals surface area contributed by atoms with E-state index in [2.05, 4.69) is 55.6 Å². The van der Waals surface area contributed by atoms with Gasteiger partial charge >= 0.3 is 0 Å². The molecule has 2 aromatic rings. The predicted octanol–water partition coefficient (Wildman–Crippen LogP) is 3.78. The van der Waals surface area contributed by atoms with Crippen molar-refractivity contribution >= 4 is 11.6 Å². The Hall–Kier alpha value is -2.33. The molecule has 0 saturated carbocycles. The van der Waals surface area contributed by atoms with Crippen LogP contribution >= 0.6 is 0 Å². The molecule has 0 radical (unpaired) electrons. The molecule has 25 heavy (non-hydrogen) atoms. The van der Waals surface area contributed by atoms with Crippen LogP contribution in [0.2, 0.25) is 0 Å². The van der Waals surface area contributed by atoms with Gasteiger partial charge in [-0.05, 0) is 55.5 Å². The second-order valence-electron chi connectivity index (χ2n) is 6.90. The number of ether oxygens (including phenoxy) is 1. The van der Waals surface area contributed by atoms with Gasteiger partial charge in [0.15, 0.2) is 5.96 Å². The Kier molecular flexibility index (Phi) is 5.39. The van der Waals surface area contributed by atoms with Gasteiger partial charge in [0.25, 0.3) is 0 Å². The van der Waals surface area contributed by atoms with Crippen molar-refractivity contribution < 1.29 is 4.74 Å². The largest absolute Gasteiger partial charge is 0.381 e. The smallest absolute Gasteiger partial charge is 0.193 e. The van der Waals surface area contributed by atoms with Crippen molar-refractivity contribution in [2.24, 2.45) is 10.7 Å². The number of anilines is 1. The summed E-state index contributed by atoms with van der Waals surface area (Å²) in [7, 11) is 0. The van der Waals surface area contributed by atoms with Crippen molar-refractivity contribution in [3.05, 3.63) is 65.2 Å². The third-order valence-electron chi connectivity index (χ3n) is 5.01. The zero-order valence-corrected chi connectivity index (χ0v) is 15.1. The molecular formula is C21H27N3O. The van der Waals surface area contributed by atoms with Crippen LogP contribution in [-0.2, 0) is 10.2 Å². The van der Waals surface area contributed by atoms with Gasteiger partial charge in [0.05, 0.1) is 6.54 Å². The summed E-state index contributed by atoms with van der Waals surface area (Å²) in [6.45, 7) is 6.45. The highest BCUT2D eigenvalue weighted by Crippen LogP contribution is 2.37. The Morgan fingerprint density at radius 1 is 1.12 bits per heavy atom. The van der Waals surface area contributed by atoms with E-state index in [1.165, 1.54) is 16.7 Å². The lowest BCUT2D eigenvalue weighted by atomic mass is 9.72. The van der Waals surface area contributed by atoms with E-state index < -0.39 is 0 Å². The number of nitrogens with zero attached hydrogens (tertiary/aromatic N) is 1. The van der Waals surface area contributed by atoms with E-state index in [-0.39, 0.29) is 5.41 Å². The Labute approximate surface area is 150 Å². The van der Waals surface area contributed by atoms with E-state index in [0.29, 0.717) is 12.5 Å². The van der Waals surface area contributed by atoms with Crippen LogP contribution in [0.5, 0.6) is 0 Å². The summed E-state index contributed by atoms with van der Waals surface area (Å²) in [6.07, 6.45) is 1.94. The van der Waals surface area contributed by atoms with E-state index in [9.17, 15) is 0 Å². The molecule has 0 bridgehead atoms. The van der Waals surface area contributed by atoms with E-state index in [0.717, 1.165) is 31.7 Å². The van der Waals surface area contributed by atoms with Gasteiger partial charge in [-0.2, -0.15) is 0 Å². The van der Waals surface area contributed by atoms with Crippen LogP contribution < -0.4 is 11.1 Å². The molecule has 0 aromatic heterocycles. The molecule has 3 N–H and O–H groups in total. The third-order valence-corrected chi connectivity index (χ3v) is 5.01. The van der Waals surface area contributed by atoms with Gasteiger partial charge in [-0.25, -0.2) is 0 Å². The average molecular weight is 337 g/mol. The minimum absolute atomic E-state index is 0.00248. The molecule has 0 spiro atoms. The highest BCUT2D eigenvalue weighted by molar-refractivity contribution is 5.92. The summed E-state index contributed by atoms with van der Waals surface area (Å²) in [4.78, 5) is 4.69. The average Bonchev–Trinajstić information content (AvgIpc) is 2.61. The summed E-state index contributed by atoms with van der Waals surface area (Å²) in [6, 6.07) is 16.7. The Balaban J connectivity index is 1.80. The van der Waals surface area contributed by atoms with Gasteiger partial charge in [-0.15, -0.1) is 0 Å². The highest BCUT2D eigenvalue weighted by Gasteiger charge is 2.35. The van der Waals surface area contributed by atoms with Gasteiger partial charge in [0, 0.05) is 24.3 Å². The van der Waals surface area contributed by atoms with Gasteiger partial charge in [-0.3, -0.25) is 4.99 Å². The second kappa shape index (κ2) is 7.70. The minimum atomic E-state index is 0.00248. The first-order chi connectivity index (χ1) is 12.1. The van der Waals surface area contributed by atoms with Crippen LogP contribution in [0.15, 0.2) is 53.5 Å². The van der Waals surface area contributed by atoms with Gasteiger partial charge in [-0.1, -0.05) is 36.4 Å². The standard InChI is InChI=1S/C21H27N3O/c1-16-6-5-8-18(14-16)24-20(22)23-15-21(10-12-25-13-11-21)19-9-4-3-7-17(19)2/h3-9,14H,10-13,15H2,1-2H3,(H3,22,23,24). The van der Waals surface area contributed by atoms with Crippen molar-refractivity contribution in [1.82, 2.24) is 0 Å². The molecule has 1 saturated heterocycles. The number of guanidine groups is 1. The Morgan fingerprint density at radius 3 is 2.60 bits per heavy atom. The van der Waals surface area contributed by atoms with Crippen LogP contribution in [0.1, 0.15) is 29.5 Å². The van der Waals surface area contributed by atoms with Gasteiger partial charge in [0.1, 0.15) is 0 Å². The number of aryl methyl sites for hydroxylation is 2. The first kappa shape index (κ1) is 17.5. The number of rotatable bonds is 4. The maximum Gasteiger partial charge on any atom is 0.193 e. The monoisotopic (exact) mass is 337 g/mol. The Bertz CT molecular complexity index is 748.